The lowest BCUT2D eigenvalue weighted by Crippen LogP contribution is -2.33. The molecule has 1 aliphatic heterocycles. The Kier molecular flexibility index (Phi) is 5.30. The van der Waals surface area contributed by atoms with Crippen molar-refractivity contribution in [2.45, 2.75) is 32.2 Å². The van der Waals surface area contributed by atoms with E-state index in [2.05, 4.69) is 19.9 Å². The molecule has 0 bridgehead atoms. The first-order valence-corrected chi connectivity index (χ1v) is 8.42. The van der Waals surface area contributed by atoms with Gasteiger partial charge in [-0.15, -0.1) is 0 Å². The fourth-order valence-electron chi connectivity index (χ4n) is 2.92. The van der Waals surface area contributed by atoms with Crippen LogP contribution in [0.2, 0.25) is 0 Å². The zero-order valence-electron chi connectivity index (χ0n) is 13.1. The van der Waals surface area contributed by atoms with E-state index in [-0.39, 0.29) is 5.56 Å². The van der Waals surface area contributed by atoms with Crippen LogP contribution in [0.5, 0.6) is 0 Å². The second-order valence-electron chi connectivity index (χ2n) is 5.93. The van der Waals surface area contributed by atoms with Crippen molar-refractivity contribution >= 4 is 12.2 Å². The lowest BCUT2D eigenvalue weighted by molar-refractivity contribution is 0.220. The number of aromatic amines is 1. The maximum atomic E-state index is 12.1. The fraction of sp³-hybridized carbons (Fsp3) is 0.500. The summed E-state index contributed by atoms with van der Waals surface area (Å²) >= 11 is 5.29. The van der Waals surface area contributed by atoms with Crippen LogP contribution in [0.4, 0.5) is 0 Å². The molecule has 3 rings (SSSR count). The van der Waals surface area contributed by atoms with Gasteiger partial charge in [0.15, 0.2) is 4.77 Å². The number of H-pyrrole nitrogens is 1. The predicted molar refractivity (Wildman–Crippen MR) is 91.0 cm³/mol. The maximum Gasteiger partial charge on any atom is 0.255 e. The van der Waals surface area contributed by atoms with Crippen molar-refractivity contribution in [1.82, 2.24) is 24.4 Å². The van der Waals surface area contributed by atoms with Crippen molar-refractivity contribution < 1.29 is 0 Å². The normalized spacial score (nSPS) is 15.7. The van der Waals surface area contributed by atoms with Gasteiger partial charge in [0.05, 0.1) is 0 Å². The second-order valence-corrected chi connectivity index (χ2v) is 6.32. The summed E-state index contributed by atoms with van der Waals surface area (Å²) in [5.74, 6) is 0. The zero-order valence-corrected chi connectivity index (χ0v) is 13.9. The van der Waals surface area contributed by atoms with E-state index in [1.807, 2.05) is 10.8 Å². The van der Waals surface area contributed by atoms with Crippen molar-refractivity contribution in [2.24, 2.45) is 0 Å². The summed E-state index contributed by atoms with van der Waals surface area (Å²) in [6.45, 7) is 4.08. The first-order chi connectivity index (χ1) is 11.2. The van der Waals surface area contributed by atoms with Crippen LogP contribution in [-0.4, -0.2) is 44.1 Å². The zero-order chi connectivity index (χ0) is 16.1. The molecule has 0 unspecified atom stereocenters. The Balaban J connectivity index is 1.73. The number of aromatic nitrogens is 4. The van der Waals surface area contributed by atoms with Crippen LogP contribution < -0.4 is 5.56 Å². The third-order valence-electron chi connectivity index (χ3n) is 4.20. The minimum absolute atomic E-state index is 0.131. The summed E-state index contributed by atoms with van der Waals surface area (Å²) in [5, 5.41) is 0. The van der Waals surface area contributed by atoms with Crippen molar-refractivity contribution in [2.75, 3.05) is 19.6 Å². The molecule has 1 saturated heterocycles. The van der Waals surface area contributed by atoms with Crippen LogP contribution in [-0.2, 0) is 13.0 Å². The van der Waals surface area contributed by atoms with Gasteiger partial charge in [-0.3, -0.25) is 9.78 Å². The monoisotopic (exact) mass is 331 g/mol. The molecule has 1 aliphatic rings. The van der Waals surface area contributed by atoms with Gasteiger partial charge < -0.3 is 9.47 Å². The average Bonchev–Trinajstić information content (AvgIpc) is 2.58. The van der Waals surface area contributed by atoms with Gasteiger partial charge in [-0.05, 0) is 43.7 Å². The van der Waals surface area contributed by atoms with E-state index in [9.17, 15) is 4.79 Å². The van der Waals surface area contributed by atoms with Crippen molar-refractivity contribution in [3.8, 4) is 0 Å². The van der Waals surface area contributed by atoms with E-state index in [4.69, 9.17) is 12.2 Å². The Morgan fingerprint density at radius 3 is 2.61 bits per heavy atom. The summed E-state index contributed by atoms with van der Waals surface area (Å²) < 4.78 is 2.45. The van der Waals surface area contributed by atoms with Gasteiger partial charge in [-0.1, -0.05) is 6.42 Å². The molecular weight excluding hydrogens is 310 g/mol. The first-order valence-electron chi connectivity index (χ1n) is 8.01. The van der Waals surface area contributed by atoms with Crippen LogP contribution in [0.15, 0.2) is 29.7 Å². The predicted octanol–water partition coefficient (Wildman–Crippen LogP) is 1.77. The van der Waals surface area contributed by atoms with E-state index in [1.165, 1.54) is 25.6 Å². The van der Waals surface area contributed by atoms with E-state index in [0.717, 1.165) is 31.7 Å². The number of nitrogens with one attached hydrogen (secondary N) is 1. The van der Waals surface area contributed by atoms with Gasteiger partial charge in [0.25, 0.3) is 5.56 Å². The van der Waals surface area contributed by atoms with Crippen LogP contribution in [0.1, 0.15) is 30.4 Å². The molecule has 3 heterocycles. The molecule has 0 aliphatic carbocycles. The number of rotatable bonds is 5. The lowest BCUT2D eigenvalue weighted by Gasteiger charge is -2.26. The van der Waals surface area contributed by atoms with Gasteiger partial charge in [-0.25, -0.2) is 9.97 Å². The van der Waals surface area contributed by atoms with Gasteiger partial charge in [0.2, 0.25) is 0 Å². The standard InChI is InChI=1S/C16H21N5OS/c22-15-14(8-13-9-17-12-18-10-13)11-21(16(23)19-15)7-6-20-4-2-1-3-5-20/h9-12H,1-8H2,(H,19,22,23). The first kappa shape index (κ1) is 16.0. The number of nitrogens with zero attached hydrogens (tertiary/aromatic N) is 4. The molecule has 7 heteroatoms. The Hall–Kier alpha value is -1.86. The minimum atomic E-state index is -0.131. The Bertz CT molecular complexity index is 749. The van der Waals surface area contributed by atoms with Crippen LogP contribution in [0.25, 0.3) is 0 Å². The van der Waals surface area contributed by atoms with Crippen LogP contribution in [0, 0.1) is 4.77 Å². The Morgan fingerprint density at radius 1 is 1.13 bits per heavy atom. The maximum absolute atomic E-state index is 12.1. The summed E-state index contributed by atoms with van der Waals surface area (Å²) in [5.41, 5.74) is 1.47. The number of hydrogen-bond acceptors (Lipinski definition) is 5. The molecule has 1 N–H and O–H groups in total. The Morgan fingerprint density at radius 2 is 1.87 bits per heavy atom. The summed E-state index contributed by atoms with van der Waals surface area (Å²) in [4.78, 5) is 25.3. The molecule has 122 valence electrons. The molecule has 0 saturated carbocycles. The van der Waals surface area contributed by atoms with Crippen molar-refractivity contribution in [3.63, 3.8) is 0 Å². The van der Waals surface area contributed by atoms with E-state index in [0.29, 0.717) is 16.8 Å². The molecule has 6 nitrogen and oxygen atoms in total. The lowest BCUT2D eigenvalue weighted by atomic mass is 10.1. The summed E-state index contributed by atoms with van der Waals surface area (Å²) in [6, 6.07) is 0. The molecule has 0 radical (unpaired) electrons. The molecule has 0 amide bonds. The molecule has 2 aromatic rings. The largest absolute Gasteiger partial charge is 0.324 e. The molecule has 0 aromatic carbocycles. The van der Waals surface area contributed by atoms with E-state index >= 15 is 0 Å². The highest BCUT2D eigenvalue weighted by molar-refractivity contribution is 7.71. The van der Waals surface area contributed by atoms with Crippen molar-refractivity contribution in [1.29, 1.82) is 0 Å². The fourth-order valence-corrected chi connectivity index (χ4v) is 3.16. The number of piperidine rings is 1. The summed E-state index contributed by atoms with van der Waals surface area (Å²) in [7, 11) is 0. The molecule has 1 fully saturated rings. The summed E-state index contributed by atoms with van der Waals surface area (Å²) in [6.07, 6.45) is 11.2. The minimum Gasteiger partial charge on any atom is -0.324 e. The SMILES string of the molecule is O=c1[nH]c(=S)n(CCN2CCCCC2)cc1Cc1cncnc1. The van der Waals surface area contributed by atoms with Crippen LogP contribution in [0.3, 0.4) is 0 Å². The second kappa shape index (κ2) is 7.61. The smallest absolute Gasteiger partial charge is 0.255 e. The molecule has 23 heavy (non-hydrogen) atoms. The van der Waals surface area contributed by atoms with Gasteiger partial charge in [0.1, 0.15) is 6.33 Å². The van der Waals surface area contributed by atoms with Crippen molar-refractivity contribution in [3.05, 3.63) is 51.2 Å². The number of hydrogen-bond donors (Lipinski definition) is 1. The van der Waals surface area contributed by atoms with Gasteiger partial charge >= 0.3 is 0 Å². The molecule has 0 spiro atoms. The Labute approximate surface area is 140 Å². The third-order valence-corrected chi connectivity index (χ3v) is 4.54. The quantitative estimate of drug-likeness (QED) is 0.846. The highest BCUT2D eigenvalue weighted by Crippen LogP contribution is 2.09. The molecule has 0 atom stereocenters. The van der Waals surface area contributed by atoms with Gasteiger partial charge in [0, 0.05) is 43.7 Å². The third kappa shape index (κ3) is 4.33. The highest BCUT2D eigenvalue weighted by atomic mass is 32.1. The topological polar surface area (TPSA) is 66.8 Å². The molecular formula is C16H21N5OS. The van der Waals surface area contributed by atoms with E-state index in [1.54, 1.807) is 12.4 Å². The highest BCUT2D eigenvalue weighted by Gasteiger charge is 2.10. The molecule has 2 aromatic heterocycles. The van der Waals surface area contributed by atoms with Gasteiger partial charge in [-0.2, -0.15) is 0 Å². The average molecular weight is 331 g/mol. The van der Waals surface area contributed by atoms with Crippen LogP contribution >= 0.6 is 12.2 Å². The van der Waals surface area contributed by atoms with E-state index < -0.39 is 0 Å². The number of likely N-dealkylation sites (tertiary alicyclic amines) is 1.